The van der Waals surface area contributed by atoms with Gasteiger partial charge in [0.25, 0.3) is 0 Å². The van der Waals surface area contributed by atoms with Gasteiger partial charge in [0.1, 0.15) is 10.3 Å². The normalized spacial score (nSPS) is 12.3. The van der Waals surface area contributed by atoms with E-state index in [4.69, 9.17) is 32.7 Å². The third kappa shape index (κ3) is 4.49. The first-order valence-corrected chi connectivity index (χ1v) is 11.2. The van der Waals surface area contributed by atoms with Crippen LogP contribution < -0.4 is 9.47 Å². The SMILES string of the molecule is Clc1cc(CSc2nnc(-c3ccccc3)n2Cc2ccc3c(c2)OCO3)cc(Cl)n1. The van der Waals surface area contributed by atoms with Crippen LogP contribution in [0.5, 0.6) is 11.5 Å². The maximum atomic E-state index is 6.04. The molecule has 156 valence electrons. The third-order valence-electron chi connectivity index (χ3n) is 4.72. The first-order chi connectivity index (χ1) is 15.2. The molecule has 3 heterocycles. The highest BCUT2D eigenvalue weighted by atomic mass is 35.5. The molecule has 0 unspecified atom stereocenters. The molecule has 4 aromatic rings. The molecule has 2 aromatic heterocycles. The third-order valence-corrected chi connectivity index (χ3v) is 6.14. The van der Waals surface area contributed by atoms with Crippen LogP contribution in [-0.4, -0.2) is 26.5 Å². The van der Waals surface area contributed by atoms with Crippen molar-refractivity contribution < 1.29 is 9.47 Å². The fourth-order valence-electron chi connectivity index (χ4n) is 3.31. The van der Waals surface area contributed by atoms with Crippen LogP contribution in [0, 0.1) is 0 Å². The number of hydrogen-bond acceptors (Lipinski definition) is 6. The van der Waals surface area contributed by atoms with Crippen LogP contribution in [-0.2, 0) is 12.3 Å². The molecule has 1 aliphatic heterocycles. The molecule has 1 aliphatic rings. The molecular weight excluding hydrogens is 455 g/mol. The minimum atomic E-state index is 0.249. The van der Waals surface area contributed by atoms with Crippen molar-refractivity contribution in [1.82, 2.24) is 19.7 Å². The fraction of sp³-hybridized carbons (Fsp3) is 0.136. The molecular formula is C22H16Cl2N4O2S. The predicted molar refractivity (Wildman–Crippen MR) is 121 cm³/mol. The van der Waals surface area contributed by atoms with Gasteiger partial charge in [0.05, 0.1) is 6.54 Å². The summed E-state index contributed by atoms with van der Waals surface area (Å²) in [5.74, 6) is 2.95. The summed E-state index contributed by atoms with van der Waals surface area (Å²) in [5.41, 5.74) is 3.03. The van der Waals surface area contributed by atoms with Crippen LogP contribution in [0.3, 0.4) is 0 Å². The standard InChI is InChI=1S/C22H16Cl2N4O2S/c23-19-9-15(10-20(24)25-19)12-31-22-27-26-21(16-4-2-1-3-5-16)28(22)11-14-6-7-17-18(8-14)30-13-29-17/h1-10H,11-13H2. The number of aromatic nitrogens is 4. The molecule has 31 heavy (non-hydrogen) atoms. The highest BCUT2D eigenvalue weighted by Gasteiger charge is 2.18. The van der Waals surface area contributed by atoms with Gasteiger partial charge in [-0.05, 0) is 35.4 Å². The van der Waals surface area contributed by atoms with Crippen LogP contribution in [0.25, 0.3) is 11.4 Å². The molecule has 0 amide bonds. The predicted octanol–water partition coefficient (Wildman–Crippen LogP) is 5.72. The minimum Gasteiger partial charge on any atom is -0.454 e. The summed E-state index contributed by atoms with van der Waals surface area (Å²) in [4.78, 5) is 4.00. The lowest BCUT2D eigenvalue weighted by atomic mass is 10.2. The van der Waals surface area contributed by atoms with Gasteiger partial charge < -0.3 is 9.47 Å². The summed E-state index contributed by atoms with van der Waals surface area (Å²) < 4.78 is 13.1. The van der Waals surface area contributed by atoms with Gasteiger partial charge in [0.15, 0.2) is 22.5 Å². The second-order valence-electron chi connectivity index (χ2n) is 6.86. The number of fused-ring (bicyclic) bond motifs is 1. The maximum Gasteiger partial charge on any atom is 0.231 e. The van der Waals surface area contributed by atoms with Crippen molar-refractivity contribution in [3.05, 3.63) is 82.1 Å². The van der Waals surface area contributed by atoms with E-state index in [1.165, 1.54) is 0 Å². The van der Waals surface area contributed by atoms with Gasteiger partial charge in [-0.2, -0.15) is 0 Å². The Morgan fingerprint density at radius 2 is 1.65 bits per heavy atom. The van der Waals surface area contributed by atoms with Crippen molar-refractivity contribution in [2.75, 3.05) is 6.79 Å². The van der Waals surface area contributed by atoms with Gasteiger partial charge in [-0.3, -0.25) is 4.57 Å². The van der Waals surface area contributed by atoms with E-state index in [9.17, 15) is 0 Å². The number of ether oxygens (including phenoxy) is 2. The molecule has 2 aromatic carbocycles. The Morgan fingerprint density at radius 1 is 0.871 bits per heavy atom. The van der Waals surface area contributed by atoms with E-state index in [1.54, 1.807) is 23.9 Å². The highest BCUT2D eigenvalue weighted by Crippen LogP contribution is 2.34. The number of hydrogen-bond donors (Lipinski definition) is 0. The lowest BCUT2D eigenvalue weighted by molar-refractivity contribution is 0.174. The molecule has 0 spiro atoms. The van der Waals surface area contributed by atoms with E-state index in [-0.39, 0.29) is 6.79 Å². The monoisotopic (exact) mass is 470 g/mol. The van der Waals surface area contributed by atoms with E-state index in [0.29, 0.717) is 22.6 Å². The van der Waals surface area contributed by atoms with E-state index in [0.717, 1.165) is 39.2 Å². The Balaban J connectivity index is 1.47. The van der Waals surface area contributed by atoms with Crippen molar-refractivity contribution in [3.63, 3.8) is 0 Å². The Labute approximate surface area is 193 Å². The quantitative estimate of drug-likeness (QED) is 0.265. The number of halogens is 2. The van der Waals surface area contributed by atoms with Crippen molar-refractivity contribution in [2.45, 2.75) is 17.5 Å². The molecule has 0 N–H and O–H groups in total. The molecule has 0 bridgehead atoms. The topological polar surface area (TPSA) is 62.1 Å². The zero-order valence-electron chi connectivity index (χ0n) is 16.2. The Kier molecular flexibility index (Phi) is 5.72. The molecule has 0 saturated heterocycles. The van der Waals surface area contributed by atoms with Crippen LogP contribution in [0.4, 0.5) is 0 Å². The van der Waals surface area contributed by atoms with E-state index in [2.05, 4.69) is 19.7 Å². The van der Waals surface area contributed by atoms with E-state index >= 15 is 0 Å². The summed E-state index contributed by atoms with van der Waals surface area (Å²) >= 11 is 13.6. The largest absolute Gasteiger partial charge is 0.454 e. The molecule has 9 heteroatoms. The Bertz CT molecular complexity index is 1210. The molecule has 6 nitrogen and oxygen atoms in total. The fourth-order valence-corrected chi connectivity index (χ4v) is 4.68. The summed E-state index contributed by atoms with van der Waals surface area (Å²) in [6.07, 6.45) is 0. The first kappa shape index (κ1) is 20.2. The zero-order chi connectivity index (χ0) is 21.2. The summed E-state index contributed by atoms with van der Waals surface area (Å²) in [5, 5.41) is 10.5. The van der Waals surface area contributed by atoms with Crippen molar-refractivity contribution in [1.29, 1.82) is 0 Å². The zero-order valence-corrected chi connectivity index (χ0v) is 18.5. The van der Waals surface area contributed by atoms with Crippen LogP contribution in [0.2, 0.25) is 10.3 Å². The van der Waals surface area contributed by atoms with Gasteiger partial charge in [0.2, 0.25) is 6.79 Å². The van der Waals surface area contributed by atoms with Crippen LogP contribution >= 0.6 is 35.0 Å². The molecule has 0 fully saturated rings. The highest BCUT2D eigenvalue weighted by molar-refractivity contribution is 7.98. The first-order valence-electron chi connectivity index (χ1n) is 9.47. The van der Waals surface area contributed by atoms with Crippen molar-refractivity contribution in [2.24, 2.45) is 0 Å². The van der Waals surface area contributed by atoms with Gasteiger partial charge >= 0.3 is 0 Å². The lowest BCUT2D eigenvalue weighted by Crippen LogP contribution is -2.04. The molecule has 0 radical (unpaired) electrons. The number of thioether (sulfide) groups is 1. The summed E-state index contributed by atoms with van der Waals surface area (Å²) in [6.45, 7) is 0.840. The lowest BCUT2D eigenvalue weighted by Gasteiger charge is -2.11. The summed E-state index contributed by atoms with van der Waals surface area (Å²) in [7, 11) is 0. The van der Waals surface area contributed by atoms with Gasteiger partial charge in [0, 0.05) is 11.3 Å². The summed E-state index contributed by atoms with van der Waals surface area (Å²) in [6, 6.07) is 19.6. The number of rotatable bonds is 6. The smallest absolute Gasteiger partial charge is 0.231 e. The van der Waals surface area contributed by atoms with Gasteiger partial charge in [-0.1, -0.05) is 71.4 Å². The average Bonchev–Trinajstić information content (AvgIpc) is 3.39. The van der Waals surface area contributed by atoms with Crippen LogP contribution in [0.15, 0.2) is 65.8 Å². The number of benzene rings is 2. The number of nitrogens with zero attached hydrogens (tertiary/aromatic N) is 4. The Morgan fingerprint density at radius 3 is 2.45 bits per heavy atom. The molecule has 0 aliphatic carbocycles. The van der Waals surface area contributed by atoms with Gasteiger partial charge in [-0.25, -0.2) is 4.98 Å². The number of pyridine rings is 1. The molecule has 0 saturated carbocycles. The van der Waals surface area contributed by atoms with E-state index in [1.807, 2.05) is 48.5 Å². The van der Waals surface area contributed by atoms with E-state index < -0.39 is 0 Å². The van der Waals surface area contributed by atoms with Crippen molar-refractivity contribution >= 4 is 35.0 Å². The second kappa shape index (κ2) is 8.78. The second-order valence-corrected chi connectivity index (χ2v) is 8.57. The minimum absolute atomic E-state index is 0.249. The molecule has 5 rings (SSSR count). The van der Waals surface area contributed by atoms with Gasteiger partial charge in [-0.15, -0.1) is 10.2 Å². The molecule has 0 atom stereocenters. The van der Waals surface area contributed by atoms with Crippen molar-refractivity contribution in [3.8, 4) is 22.9 Å². The maximum absolute atomic E-state index is 6.04. The van der Waals surface area contributed by atoms with Crippen LogP contribution in [0.1, 0.15) is 11.1 Å². The average molecular weight is 471 g/mol. The Hall–Kier alpha value is -2.74.